The van der Waals surface area contributed by atoms with Crippen LogP contribution in [0.2, 0.25) is 0 Å². The van der Waals surface area contributed by atoms with Crippen LogP contribution in [0.15, 0.2) is 145 Å². The van der Waals surface area contributed by atoms with Gasteiger partial charge in [-0.05, 0) is 53.5 Å². The number of aromatic nitrogens is 2. The molecule has 0 amide bonds. The first kappa shape index (κ1) is 16.6. The van der Waals surface area contributed by atoms with Gasteiger partial charge in [0, 0.05) is 27.2 Å². The van der Waals surface area contributed by atoms with Gasteiger partial charge in [-0.2, -0.15) is 0 Å². The summed E-state index contributed by atoms with van der Waals surface area (Å²) < 4.78 is 46.5. The maximum Gasteiger partial charge on any atom is 0.0645 e. The summed E-state index contributed by atoms with van der Waals surface area (Å²) in [7, 11) is 0. The van der Waals surface area contributed by atoms with E-state index in [1.165, 1.54) is 0 Å². The lowest BCUT2D eigenvalue weighted by Crippen LogP contribution is -1.96. The van der Waals surface area contributed by atoms with Crippen LogP contribution < -0.4 is 0 Å². The van der Waals surface area contributed by atoms with Crippen LogP contribution in [-0.4, -0.2) is 9.13 Å². The average Bonchev–Trinajstić information content (AvgIpc) is 3.57. The minimum atomic E-state index is -0.403. The molecule has 0 unspecified atom stereocenters. The van der Waals surface area contributed by atoms with E-state index in [0.29, 0.717) is 0 Å². The molecule has 8 aromatic rings. The van der Waals surface area contributed by atoms with Gasteiger partial charge in [-0.25, -0.2) is 0 Å². The minimum absolute atomic E-state index is 0.142. The Morgan fingerprint density at radius 3 is 1.79 bits per heavy atom. The van der Waals surface area contributed by atoms with E-state index in [1.807, 2.05) is 47.0 Å². The lowest BCUT2D eigenvalue weighted by atomic mass is 9.99. The smallest absolute Gasteiger partial charge is 0.0645 e. The zero-order valence-corrected chi connectivity index (χ0v) is 20.4. The van der Waals surface area contributed by atoms with Gasteiger partial charge in [-0.1, -0.05) is 103 Å². The van der Waals surface area contributed by atoms with Gasteiger partial charge in [0.25, 0.3) is 0 Å². The summed E-state index contributed by atoms with van der Waals surface area (Å²) in [5, 5.41) is 4.18. The monoisotopic (exact) mass is 489 g/mol. The van der Waals surface area contributed by atoms with E-state index in [9.17, 15) is 0 Å². The molecule has 0 aliphatic carbocycles. The molecule has 178 valence electrons. The Morgan fingerprint density at radius 2 is 1.03 bits per heavy atom. The fourth-order valence-corrected chi connectivity index (χ4v) is 5.92. The third-order valence-electron chi connectivity index (χ3n) is 7.41. The molecular weight excluding hydrogens is 460 g/mol. The van der Waals surface area contributed by atoms with Crippen molar-refractivity contribution in [1.29, 1.82) is 0 Å². The Bertz CT molecular complexity index is 2370. The van der Waals surface area contributed by atoms with Crippen molar-refractivity contribution in [2.75, 3.05) is 0 Å². The number of benzene rings is 6. The third-order valence-corrected chi connectivity index (χ3v) is 7.41. The molecule has 0 saturated carbocycles. The highest BCUT2D eigenvalue weighted by molar-refractivity contribution is 6.19. The Kier molecular flexibility index (Phi) is 3.60. The van der Waals surface area contributed by atoms with E-state index in [1.54, 1.807) is 0 Å². The Hall–Kier alpha value is -5.08. The number of fused-ring (bicyclic) bond motifs is 6. The number of rotatable bonds is 3. The summed E-state index contributed by atoms with van der Waals surface area (Å²) in [6.45, 7) is 0. The molecule has 2 aromatic heterocycles. The summed E-state index contributed by atoms with van der Waals surface area (Å²) in [6, 6.07) is 37.6. The van der Waals surface area contributed by atoms with E-state index in [4.69, 9.17) is 6.85 Å². The van der Waals surface area contributed by atoms with Gasteiger partial charge < -0.3 is 9.13 Å². The molecule has 8 rings (SSSR count). The molecule has 0 aliphatic heterocycles. The fourth-order valence-electron chi connectivity index (χ4n) is 5.92. The van der Waals surface area contributed by atoms with E-state index >= 15 is 0 Å². The fraction of sp³-hybridized carbons (Fsp3) is 0. The zero-order chi connectivity index (χ0) is 29.4. The van der Waals surface area contributed by atoms with Crippen molar-refractivity contribution in [3.05, 3.63) is 145 Å². The molecule has 0 aliphatic rings. The predicted molar refractivity (Wildman–Crippen MR) is 161 cm³/mol. The van der Waals surface area contributed by atoms with Crippen LogP contribution in [0.25, 0.3) is 66.1 Å². The van der Waals surface area contributed by atoms with E-state index in [0.717, 1.165) is 60.4 Å². The summed E-state index contributed by atoms with van der Waals surface area (Å²) in [5.74, 6) is 0. The maximum absolute atomic E-state index is 8.78. The van der Waals surface area contributed by atoms with Gasteiger partial charge in [-0.15, -0.1) is 0 Å². The molecule has 0 saturated heterocycles. The SMILES string of the molecule is [2H]c1c([2H])c([2H])c(-n2c3ccccc3c3c(-n4c5ccccc5c5c(-c6ccccc6)cccc54)cccc32)c([2H])c1[2H]. The van der Waals surface area contributed by atoms with Crippen LogP contribution in [0.5, 0.6) is 0 Å². The normalized spacial score (nSPS) is 13.5. The molecule has 2 nitrogen and oxygen atoms in total. The molecule has 6 aromatic carbocycles. The number of nitrogens with zero attached hydrogens (tertiary/aromatic N) is 2. The minimum Gasteiger partial charge on any atom is -0.309 e. The molecular formula is C36H24N2. The highest BCUT2D eigenvalue weighted by Crippen LogP contribution is 2.42. The van der Waals surface area contributed by atoms with Crippen molar-refractivity contribution < 1.29 is 6.85 Å². The number of hydrogen-bond donors (Lipinski definition) is 0. The average molecular weight is 490 g/mol. The van der Waals surface area contributed by atoms with Crippen molar-refractivity contribution in [2.45, 2.75) is 0 Å². The summed E-state index contributed by atoms with van der Waals surface area (Å²) in [5.41, 5.74) is 7.06. The molecule has 0 fully saturated rings. The molecule has 2 heteroatoms. The van der Waals surface area contributed by atoms with Crippen LogP contribution in [0.4, 0.5) is 0 Å². The highest BCUT2D eigenvalue weighted by atomic mass is 15.0. The van der Waals surface area contributed by atoms with Crippen molar-refractivity contribution in [3.63, 3.8) is 0 Å². The van der Waals surface area contributed by atoms with Crippen LogP contribution in [0, 0.1) is 0 Å². The van der Waals surface area contributed by atoms with Crippen LogP contribution >= 0.6 is 0 Å². The standard InChI is InChI=1S/C36H24N2/c1-3-13-25(14-4-1)27-19-11-22-32-35(27)28-17-7-10-21-31(28)38(32)34-24-12-23-33-36(34)29-18-8-9-20-30(29)37(33)26-15-5-2-6-16-26/h1-24H/i2D,5D,6D,15D,16D. The largest absolute Gasteiger partial charge is 0.309 e. The van der Waals surface area contributed by atoms with Gasteiger partial charge in [0.15, 0.2) is 0 Å². The quantitative estimate of drug-likeness (QED) is 0.234. The predicted octanol–water partition coefficient (Wildman–Crippen LogP) is 9.55. The van der Waals surface area contributed by atoms with Gasteiger partial charge in [0.1, 0.15) is 0 Å². The van der Waals surface area contributed by atoms with Gasteiger partial charge in [-0.3, -0.25) is 0 Å². The lowest BCUT2D eigenvalue weighted by Gasteiger charge is -2.12. The van der Waals surface area contributed by atoms with Gasteiger partial charge in [0.05, 0.1) is 34.6 Å². The topological polar surface area (TPSA) is 9.86 Å². The van der Waals surface area contributed by atoms with Gasteiger partial charge in [0.2, 0.25) is 0 Å². The van der Waals surface area contributed by atoms with Crippen molar-refractivity contribution in [1.82, 2.24) is 9.13 Å². The second-order valence-electron chi connectivity index (χ2n) is 9.42. The molecule has 0 N–H and O–H groups in total. The molecule has 0 radical (unpaired) electrons. The van der Waals surface area contributed by atoms with Crippen molar-refractivity contribution >= 4 is 43.6 Å². The Balaban J connectivity index is 1.54. The van der Waals surface area contributed by atoms with Crippen LogP contribution in [0.3, 0.4) is 0 Å². The molecule has 38 heavy (non-hydrogen) atoms. The Labute approximate surface area is 227 Å². The summed E-state index contributed by atoms with van der Waals surface area (Å²) in [4.78, 5) is 0. The van der Waals surface area contributed by atoms with Crippen LogP contribution in [-0.2, 0) is 0 Å². The zero-order valence-electron chi connectivity index (χ0n) is 25.4. The van der Waals surface area contributed by atoms with E-state index < -0.39 is 6.04 Å². The van der Waals surface area contributed by atoms with Crippen molar-refractivity contribution in [3.8, 4) is 22.5 Å². The van der Waals surface area contributed by atoms with Crippen LogP contribution in [0.1, 0.15) is 6.85 Å². The first-order chi connectivity index (χ1) is 21.0. The van der Waals surface area contributed by atoms with Crippen molar-refractivity contribution in [2.24, 2.45) is 0 Å². The lowest BCUT2D eigenvalue weighted by molar-refractivity contribution is 1.17. The number of hydrogen-bond acceptors (Lipinski definition) is 0. The molecule has 2 heterocycles. The van der Waals surface area contributed by atoms with E-state index in [2.05, 4.69) is 77.4 Å². The highest BCUT2D eigenvalue weighted by Gasteiger charge is 2.20. The van der Waals surface area contributed by atoms with E-state index in [-0.39, 0.29) is 29.9 Å². The first-order valence-electron chi connectivity index (χ1n) is 15.1. The molecule has 0 bridgehead atoms. The third kappa shape index (κ3) is 2.95. The second kappa shape index (κ2) is 8.22. The first-order valence-corrected chi connectivity index (χ1v) is 12.6. The number of para-hydroxylation sites is 3. The maximum atomic E-state index is 8.78. The molecule has 0 spiro atoms. The summed E-state index contributed by atoms with van der Waals surface area (Å²) >= 11 is 0. The molecule has 0 atom stereocenters. The van der Waals surface area contributed by atoms with Gasteiger partial charge >= 0.3 is 0 Å². The second-order valence-corrected chi connectivity index (χ2v) is 9.42. The summed E-state index contributed by atoms with van der Waals surface area (Å²) in [6.07, 6.45) is 0. The Morgan fingerprint density at radius 1 is 0.447 bits per heavy atom.